The second kappa shape index (κ2) is 10.1. The number of nitrogens with two attached hydrogens (primary N) is 1. The molecule has 3 aromatic rings. The van der Waals surface area contributed by atoms with Crippen LogP contribution in [0.25, 0.3) is 0 Å². The molecule has 7 nitrogen and oxygen atoms in total. The van der Waals surface area contributed by atoms with Gasteiger partial charge in [-0.2, -0.15) is 0 Å². The van der Waals surface area contributed by atoms with E-state index in [-0.39, 0.29) is 29.5 Å². The van der Waals surface area contributed by atoms with Crippen LogP contribution in [-0.2, 0) is 23.1 Å². The number of nitrogens with zero attached hydrogens (tertiary/aromatic N) is 3. The van der Waals surface area contributed by atoms with E-state index >= 15 is 0 Å². The molecule has 0 unspecified atom stereocenters. The lowest BCUT2D eigenvalue weighted by molar-refractivity contribution is -0.121. The van der Waals surface area contributed by atoms with Gasteiger partial charge < -0.3 is 15.6 Å². The molecule has 0 saturated heterocycles. The van der Waals surface area contributed by atoms with Gasteiger partial charge in [-0.05, 0) is 18.1 Å². The van der Waals surface area contributed by atoms with Crippen LogP contribution in [0.4, 0.5) is 0 Å². The zero-order valence-electron chi connectivity index (χ0n) is 17.0. The van der Waals surface area contributed by atoms with Crippen molar-refractivity contribution in [2.75, 3.05) is 0 Å². The van der Waals surface area contributed by atoms with Crippen molar-refractivity contribution in [1.82, 2.24) is 20.1 Å². The van der Waals surface area contributed by atoms with Crippen LogP contribution in [0.5, 0.6) is 0 Å². The number of rotatable bonds is 9. The molecule has 0 radical (unpaired) electrons. The highest BCUT2D eigenvalue weighted by Gasteiger charge is 2.23. The van der Waals surface area contributed by atoms with Crippen LogP contribution >= 0.6 is 11.8 Å². The van der Waals surface area contributed by atoms with Gasteiger partial charge in [0.15, 0.2) is 5.16 Å². The standard InChI is InChI=1S/C22H25N5O2S/c1-15(30-22-26-25-19(27(22)2)14-13-18(23)28)21(29)24-20(16-9-5-3-6-10-16)17-11-7-4-8-12-17/h3-12,15,20H,13-14H2,1-2H3,(H2,23,28)(H,24,29)/t15-/m1/s1. The molecule has 156 valence electrons. The third kappa shape index (κ3) is 5.48. The number of aromatic nitrogens is 3. The first-order chi connectivity index (χ1) is 14.5. The van der Waals surface area contributed by atoms with Crippen LogP contribution in [-0.4, -0.2) is 31.8 Å². The Balaban J connectivity index is 1.71. The zero-order valence-corrected chi connectivity index (χ0v) is 17.8. The van der Waals surface area contributed by atoms with Crippen molar-refractivity contribution in [3.63, 3.8) is 0 Å². The summed E-state index contributed by atoms with van der Waals surface area (Å²) in [4.78, 5) is 24.0. The summed E-state index contributed by atoms with van der Waals surface area (Å²) in [5.74, 6) is 0.183. The highest BCUT2D eigenvalue weighted by Crippen LogP contribution is 2.25. The Morgan fingerprint density at radius 2 is 1.60 bits per heavy atom. The van der Waals surface area contributed by atoms with Crippen LogP contribution in [0.15, 0.2) is 65.8 Å². The Kier molecular flexibility index (Phi) is 7.24. The van der Waals surface area contributed by atoms with Gasteiger partial charge in [-0.1, -0.05) is 72.4 Å². The molecule has 2 aromatic carbocycles. The van der Waals surface area contributed by atoms with E-state index in [1.807, 2.05) is 74.6 Å². The number of aryl methyl sites for hydroxylation is 1. The maximum Gasteiger partial charge on any atom is 0.234 e. The Labute approximate surface area is 180 Å². The lowest BCUT2D eigenvalue weighted by atomic mass is 9.98. The molecule has 1 atom stereocenters. The molecule has 0 aliphatic rings. The fourth-order valence-corrected chi connectivity index (χ4v) is 3.86. The number of hydrogen-bond donors (Lipinski definition) is 2. The molecule has 3 N–H and O–H groups in total. The average Bonchev–Trinajstić information content (AvgIpc) is 3.10. The molecule has 0 aliphatic carbocycles. The number of nitrogens with one attached hydrogen (secondary N) is 1. The maximum atomic E-state index is 13.0. The summed E-state index contributed by atoms with van der Waals surface area (Å²) in [6.45, 7) is 1.84. The predicted molar refractivity (Wildman–Crippen MR) is 117 cm³/mol. The monoisotopic (exact) mass is 423 g/mol. The summed E-state index contributed by atoms with van der Waals surface area (Å²) in [5, 5.41) is 11.7. The fraction of sp³-hybridized carbons (Fsp3) is 0.273. The number of carbonyl (C=O) groups excluding carboxylic acids is 2. The van der Waals surface area contributed by atoms with Gasteiger partial charge in [-0.25, -0.2) is 0 Å². The lowest BCUT2D eigenvalue weighted by Crippen LogP contribution is -2.35. The minimum atomic E-state index is -0.383. The molecular formula is C22H25N5O2S. The minimum Gasteiger partial charge on any atom is -0.370 e. The van der Waals surface area contributed by atoms with Crippen LogP contribution in [0.3, 0.4) is 0 Å². The molecule has 0 fully saturated rings. The van der Waals surface area contributed by atoms with Crippen LogP contribution in [0, 0.1) is 0 Å². The van der Waals surface area contributed by atoms with Crippen molar-refractivity contribution in [2.45, 2.75) is 36.2 Å². The largest absolute Gasteiger partial charge is 0.370 e. The van der Waals surface area contributed by atoms with E-state index in [9.17, 15) is 9.59 Å². The predicted octanol–water partition coefficient (Wildman–Crippen LogP) is 2.62. The van der Waals surface area contributed by atoms with Crippen LogP contribution in [0.2, 0.25) is 0 Å². The van der Waals surface area contributed by atoms with Gasteiger partial charge in [-0.3, -0.25) is 9.59 Å². The van der Waals surface area contributed by atoms with Gasteiger partial charge in [0.05, 0.1) is 11.3 Å². The number of carbonyl (C=O) groups is 2. The Hall–Kier alpha value is -3.13. The van der Waals surface area contributed by atoms with Crippen molar-refractivity contribution in [2.24, 2.45) is 12.8 Å². The van der Waals surface area contributed by atoms with Gasteiger partial charge >= 0.3 is 0 Å². The number of hydrogen-bond acceptors (Lipinski definition) is 5. The summed E-state index contributed by atoms with van der Waals surface area (Å²) >= 11 is 1.33. The molecule has 0 saturated carbocycles. The van der Waals surface area contributed by atoms with E-state index in [0.29, 0.717) is 17.4 Å². The van der Waals surface area contributed by atoms with Crippen molar-refractivity contribution >= 4 is 23.6 Å². The van der Waals surface area contributed by atoms with Crippen LogP contribution < -0.4 is 11.1 Å². The Bertz CT molecular complexity index is 952. The summed E-state index contributed by atoms with van der Waals surface area (Å²) in [6.07, 6.45) is 0.632. The smallest absolute Gasteiger partial charge is 0.234 e. The third-order valence-electron chi connectivity index (χ3n) is 4.72. The maximum absolute atomic E-state index is 13.0. The summed E-state index contributed by atoms with van der Waals surface area (Å²) in [7, 11) is 1.82. The number of primary amides is 1. The molecule has 0 spiro atoms. The molecule has 3 rings (SSSR count). The molecule has 30 heavy (non-hydrogen) atoms. The van der Waals surface area contributed by atoms with E-state index in [1.165, 1.54) is 11.8 Å². The molecule has 2 amide bonds. The van der Waals surface area contributed by atoms with Crippen molar-refractivity contribution < 1.29 is 9.59 Å². The van der Waals surface area contributed by atoms with Crippen LogP contribution in [0.1, 0.15) is 36.3 Å². The number of benzene rings is 2. The summed E-state index contributed by atoms with van der Waals surface area (Å²) in [6, 6.07) is 19.5. The second-order valence-corrected chi connectivity index (χ2v) is 8.26. The van der Waals surface area contributed by atoms with Crippen molar-refractivity contribution in [1.29, 1.82) is 0 Å². The van der Waals surface area contributed by atoms with Gasteiger partial charge in [0.1, 0.15) is 5.82 Å². The molecule has 8 heteroatoms. The number of amides is 2. The Morgan fingerprint density at radius 1 is 1.03 bits per heavy atom. The summed E-state index contributed by atoms with van der Waals surface area (Å²) in [5.41, 5.74) is 7.24. The first-order valence-corrected chi connectivity index (χ1v) is 10.6. The van der Waals surface area contributed by atoms with E-state index in [0.717, 1.165) is 11.1 Å². The first-order valence-electron chi connectivity index (χ1n) is 9.69. The SMILES string of the molecule is C[C@@H](Sc1nnc(CCC(N)=O)n1C)C(=O)NC(c1ccccc1)c1ccccc1. The van der Waals surface area contributed by atoms with Crippen molar-refractivity contribution in [3.8, 4) is 0 Å². The fourth-order valence-electron chi connectivity index (χ4n) is 3.02. The second-order valence-electron chi connectivity index (χ2n) is 6.95. The Morgan fingerprint density at radius 3 is 2.13 bits per heavy atom. The van der Waals surface area contributed by atoms with E-state index < -0.39 is 0 Å². The molecular weight excluding hydrogens is 398 g/mol. The normalized spacial score (nSPS) is 12.0. The van der Waals surface area contributed by atoms with E-state index in [1.54, 1.807) is 4.57 Å². The average molecular weight is 424 g/mol. The third-order valence-corrected chi connectivity index (χ3v) is 5.86. The zero-order chi connectivity index (χ0) is 21.5. The first kappa shape index (κ1) is 21.6. The topological polar surface area (TPSA) is 103 Å². The molecule has 1 aromatic heterocycles. The molecule has 0 bridgehead atoms. The van der Waals surface area contributed by atoms with E-state index in [4.69, 9.17) is 5.73 Å². The van der Waals surface area contributed by atoms with E-state index in [2.05, 4.69) is 15.5 Å². The minimum absolute atomic E-state index is 0.0978. The molecule has 1 heterocycles. The van der Waals surface area contributed by atoms with Crippen molar-refractivity contribution in [3.05, 3.63) is 77.6 Å². The quantitative estimate of drug-likeness (QED) is 0.515. The summed E-state index contributed by atoms with van der Waals surface area (Å²) < 4.78 is 1.79. The van der Waals surface area contributed by atoms with Gasteiger partial charge in [0.25, 0.3) is 0 Å². The lowest BCUT2D eigenvalue weighted by Gasteiger charge is -2.22. The highest BCUT2D eigenvalue weighted by atomic mass is 32.2. The van der Waals surface area contributed by atoms with Gasteiger partial charge in [0, 0.05) is 19.9 Å². The van der Waals surface area contributed by atoms with Gasteiger partial charge in [0.2, 0.25) is 11.8 Å². The van der Waals surface area contributed by atoms with Gasteiger partial charge in [-0.15, -0.1) is 10.2 Å². The molecule has 0 aliphatic heterocycles. The highest BCUT2D eigenvalue weighted by molar-refractivity contribution is 8.00. The number of thioether (sulfide) groups is 1.